The van der Waals surface area contributed by atoms with Crippen molar-refractivity contribution in [1.82, 2.24) is 4.90 Å². The average Bonchev–Trinajstić information content (AvgIpc) is 2.69. The Morgan fingerprint density at radius 2 is 2.17 bits per heavy atom. The second kappa shape index (κ2) is 5.04. The van der Waals surface area contributed by atoms with Crippen molar-refractivity contribution in [2.75, 3.05) is 6.54 Å². The molecule has 0 bridgehead atoms. The number of nitro groups is 1. The van der Waals surface area contributed by atoms with Crippen LogP contribution in [0.2, 0.25) is 0 Å². The van der Waals surface area contributed by atoms with Gasteiger partial charge in [0.05, 0.1) is 23.1 Å². The summed E-state index contributed by atoms with van der Waals surface area (Å²) in [6.45, 7) is 6.16. The first-order valence-corrected chi connectivity index (χ1v) is 5.91. The second-order valence-electron chi connectivity index (χ2n) is 4.36. The van der Waals surface area contributed by atoms with Crippen molar-refractivity contribution in [3.05, 3.63) is 70.1 Å². The first-order chi connectivity index (χ1) is 8.65. The molecule has 1 atom stereocenters. The standard InChI is InChI=1S/C14H16N2O2/c1-3-9-15-11(2)13(16(17)18)10-14(15)12-7-5-4-6-8-12/h3-8,14H,1,9-10H2,2H3. The zero-order valence-electron chi connectivity index (χ0n) is 10.4. The summed E-state index contributed by atoms with van der Waals surface area (Å²) in [5.74, 6) is 0. The van der Waals surface area contributed by atoms with E-state index < -0.39 is 0 Å². The van der Waals surface area contributed by atoms with Crippen LogP contribution in [-0.4, -0.2) is 16.4 Å². The van der Waals surface area contributed by atoms with E-state index in [0.717, 1.165) is 11.3 Å². The lowest BCUT2D eigenvalue weighted by molar-refractivity contribution is -0.428. The quantitative estimate of drug-likeness (QED) is 0.464. The van der Waals surface area contributed by atoms with Crippen LogP contribution >= 0.6 is 0 Å². The highest BCUT2D eigenvalue weighted by Gasteiger charge is 2.36. The van der Waals surface area contributed by atoms with E-state index in [4.69, 9.17) is 0 Å². The zero-order valence-corrected chi connectivity index (χ0v) is 10.4. The Balaban J connectivity index is 2.34. The zero-order chi connectivity index (χ0) is 13.1. The predicted molar refractivity (Wildman–Crippen MR) is 70.4 cm³/mol. The van der Waals surface area contributed by atoms with Gasteiger partial charge in [0.2, 0.25) is 0 Å². The largest absolute Gasteiger partial charge is 0.359 e. The smallest absolute Gasteiger partial charge is 0.267 e. The van der Waals surface area contributed by atoms with Crippen LogP contribution in [0.3, 0.4) is 0 Å². The van der Waals surface area contributed by atoms with E-state index >= 15 is 0 Å². The molecule has 1 unspecified atom stereocenters. The topological polar surface area (TPSA) is 46.4 Å². The first kappa shape index (κ1) is 12.4. The van der Waals surface area contributed by atoms with Crippen LogP contribution in [0.4, 0.5) is 0 Å². The van der Waals surface area contributed by atoms with Gasteiger partial charge in [-0.25, -0.2) is 0 Å². The maximum Gasteiger partial charge on any atom is 0.267 e. The summed E-state index contributed by atoms with van der Waals surface area (Å²) >= 11 is 0. The van der Waals surface area contributed by atoms with Gasteiger partial charge in [0.1, 0.15) is 0 Å². The molecule has 94 valence electrons. The molecule has 4 nitrogen and oxygen atoms in total. The van der Waals surface area contributed by atoms with Crippen LogP contribution in [-0.2, 0) is 0 Å². The van der Waals surface area contributed by atoms with Gasteiger partial charge in [-0.15, -0.1) is 6.58 Å². The molecular formula is C14H16N2O2. The number of allylic oxidation sites excluding steroid dienone is 1. The van der Waals surface area contributed by atoms with Crippen molar-refractivity contribution < 1.29 is 4.92 Å². The number of hydrogen-bond acceptors (Lipinski definition) is 3. The molecule has 0 N–H and O–H groups in total. The maximum atomic E-state index is 11.0. The average molecular weight is 244 g/mol. The van der Waals surface area contributed by atoms with E-state index in [2.05, 4.69) is 6.58 Å². The summed E-state index contributed by atoms with van der Waals surface area (Å²) in [6, 6.07) is 9.94. The Morgan fingerprint density at radius 1 is 1.50 bits per heavy atom. The van der Waals surface area contributed by atoms with Gasteiger partial charge in [-0.1, -0.05) is 36.4 Å². The van der Waals surface area contributed by atoms with Crippen molar-refractivity contribution in [2.24, 2.45) is 0 Å². The molecule has 1 aromatic rings. The summed E-state index contributed by atoms with van der Waals surface area (Å²) in [6.07, 6.45) is 2.24. The van der Waals surface area contributed by atoms with Crippen LogP contribution in [0.15, 0.2) is 54.4 Å². The van der Waals surface area contributed by atoms with Crippen molar-refractivity contribution in [3.8, 4) is 0 Å². The molecule has 18 heavy (non-hydrogen) atoms. The van der Waals surface area contributed by atoms with Crippen molar-refractivity contribution >= 4 is 0 Å². The maximum absolute atomic E-state index is 11.0. The molecule has 0 aromatic heterocycles. The number of rotatable bonds is 4. The molecule has 4 heteroatoms. The Morgan fingerprint density at radius 3 is 2.72 bits per heavy atom. The lowest BCUT2D eigenvalue weighted by Crippen LogP contribution is -2.22. The predicted octanol–water partition coefficient (Wildman–Crippen LogP) is 3.13. The highest BCUT2D eigenvalue weighted by Crippen LogP contribution is 2.38. The summed E-state index contributed by atoms with van der Waals surface area (Å²) in [4.78, 5) is 12.8. The second-order valence-corrected chi connectivity index (χ2v) is 4.36. The Bertz CT molecular complexity index is 494. The summed E-state index contributed by atoms with van der Waals surface area (Å²) in [5, 5.41) is 11.0. The van der Waals surface area contributed by atoms with Gasteiger partial charge in [-0.3, -0.25) is 10.1 Å². The fourth-order valence-corrected chi connectivity index (χ4v) is 2.42. The van der Waals surface area contributed by atoms with Crippen LogP contribution in [0.1, 0.15) is 24.9 Å². The van der Waals surface area contributed by atoms with Gasteiger partial charge in [-0.2, -0.15) is 0 Å². The fourth-order valence-electron chi connectivity index (χ4n) is 2.42. The third kappa shape index (κ3) is 2.14. The van der Waals surface area contributed by atoms with E-state index in [9.17, 15) is 10.1 Å². The monoisotopic (exact) mass is 244 g/mol. The molecule has 1 aliphatic rings. The van der Waals surface area contributed by atoms with Crippen LogP contribution in [0.5, 0.6) is 0 Å². The lowest BCUT2D eigenvalue weighted by Gasteiger charge is -2.26. The highest BCUT2D eigenvalue weighted by atomic mass is 16.6. The van der Waals surface area contributed by atoms with Gasteiger partial charge < -0.3 is 4.90 Å². The van der Waals surface area contributed by atoms with Crippen molar-refractivity contribution in [1.29, 1.82) is 0 Å². The molecule has 0 radical (unpaired) electrons. The van der Waals surface area contributed by atoms with Gasteiger partial charge in [0, 0.05) is 6.54 Å². The Labute approximate surface area is 106 Å². The minimum absolute atomic E-state index is 0.0459. The minimum Gasteiger partial charge on any atom is -0.359 e. The lowest BCUT2D eigenvalue weighted by atomic mass is 10.0. The normalized spacial score (nSPS) is 19.2. The van der Waals surface area contributed by atoms with Crippen LogP contribution < -0.4 is 0 Å². The molecule has 1 aliphatic heterocycles. The van der Waals surface area contributed by atoms with E-state index in [0.29, 0.717) is 18.7 Å². The fraction of sp³-hybridized carbons (Fsp3) is 0.286. The van der Waals surface area contributed by atoms with Crippen molar-refractivity contribution in [2.45, 2.75) is 19.4 Å². The van der Waals surface area contributed by atoms with Gasteiger partial charge in [0.15, 0.2) is 0 Å². The molecular weight excluding hydrogens is 228 g/mol. The number of nitrogens with zero attached hydrogens (tertiary/aromatic N) is 2. The first-order valence-electron chi connectivity index (χ1n) is 5.91. The SMILES string of the molecule is C=CCN1C(C)=C([N+](=O)[O-])CC1c1ccccc1. The summed E-state index contributed by atoms with van der Waals surface area (Å²) in [7, 11) is 0. The summed E-state index contributed by atoms with van der Waals surface area (Å²) < 4.78 is 0. The molecule has 0 saturated heterocycles. The molecule has 0 fully saturated rings. The molecule has 0 amide bonds. The number of benzene rings is 1. The number of hydrogen-bond donors (Lipinski definition) is 0. The van der Waals surface area contributed by atoms with E-state index in [1.54, 1.807) is 6.08 Å². The highest BCUT2D eigenvalue weighted by molar-refractivity contribution is 5.27. The third-order valence-electron chi connectivity index (χ3n) is 3.34. The minimum atomic E-state index is -0.269. The van der Waals surface area contributed by atoms with E-state index in [-0.39, 0.29) is 11.0 Å². The van der Waals surface area contributed by atoms with Crippen LogP contribution in [0.25, 0.3) is 0 Å². The molecule has 2 rings (SSSR count). The van der Waals surface area contributed by atoms with Gasteiger partial charge in [0.25, 0.3) is 5.70 Å². The summed E-state index contributed by atoms with van der Waals surface area (Å²) in [5.41, 5.74) is 2.16. The molecule has 0 saturated carbocycles. The van der Waals surface area contributed by atoms with Gasteiger partial charge in [-0.05, 0) is 12.5 Å². The molecule has 0 aliphatic carbocycles. The van der Waals surface area contributed by atoms with Gasteiger partial charge >= 0.3 is 0 Å². The third-order valence-corrected chi connectivity index (χ3v) is 3.34. The molecule has 0 spiro atoms. The van der Waals surface area contributed by atoms with E-state index in [1.165, 1.54) is 0 Å². The molecule has 1 aromatic carbocycles. The molecule has 1 heterocycles. The Hall–Kier alpha value is -2.10. The Kier molecular flexibility index (Phi) is 3.46. The van der Waals surface area contributed by atoms with Crippen molar-refractivity contribution in [3.63, 3.8) is 0 Å². The van der Waals surface area contributed by atoms with E-state index in [1.807, 2.05) is 42.2 Å². The van der Waals surface area contributed by atoms with Crippen LogP contribution in [0, 0.1) is 10.1 Å².